The molecule has 0 radical (unpaired) electrons. The highest BCUT2D eigenvalue weighted by Gasteiger charge is 2.27. The predicted molar refractivity (Wildman–Crippen MR) is 97.6 cm³/mol. The van der Waals surface area contributed by atoms with Crippen molar-refractivity contribution in [3.63, 3.8) is 0 Å². The lowest BCUT2D eigenvalue weighted by atomic mass is 9.97. The van der Waals surface area contributed by atoms with Crippen LogP contribution in [0, 0.1) is 5.92 Å². The Labute approximate surface area is 155 Å². The van der Waals surface area contributed by atoms with Crippen LogP contribution < -0.4 is 9.64 Å². The Morgan fingerprint density at radius 2 is 1.84 bits per heavy atom. The lowest BCUT2D eigenvalue weighted by Crippen LogP contribution is -2.38. The van der Waals surface area contributed by atoms with Gasteiger partial charge in [-0.1, -0.05) is 12.1 Å². The van der Waals surface area contributed by atoms with Crippen molar-refractivity contribution in [3.8, 4) is 5.75 Å². The molecule has 0 aliphatic carbocycles. The molecule has 1 aliphatic heterocycles. The lowest BCUT2D eigenvalue weighted by Gasteiger charge is -2.30. The summed E-state index contributed by atoms with van der Waals surface area (Å²) in [6.07, 6.45) is 4.96. The Kier molecular flexibility index (Phi) is 6.22. The number of aromatic nitrogens is 2. The molecular formula is C18H20BrN3O3. The molecule has 1 fully saturated rings. The molecule has 0 amide bonds. The monoisotopic (exact) mass is 405 g/mol. The zero-order chi connectivity index (χ0) is 17.5. The third-order valence-electron chi connectivity index (χ3n) is 4.09. The molecule has 6 nitrogen and oxygen atoms in total. The maximum absolute atomic E-state index is 12.2. The van der Waals surface area contributed by atoms with E-state index in [4.69, 9.17) is 9.47 Å². The average molecular weight is 406 g/mol. The van der Waals surface area contributed by atoms with E-state index in [2.05, 4.69) is 30.8 Å². The van der Waals surface area contributed by atoms with Gasteiger partial charge in [-0.15, -0.1) is 0 Å². The van der Waals surface area contributed by atoms with Gasteiger partial charge in [0.15, 0.2) is 0 Å². The standard InChI is InChI=1S/C18H20BrN3O3/c19-15-4-1-2-5-16(15)24-12-13-25-17(23)14-6-10-22(11-7-14)18-20-8-3-9-21-18/h1-5,8-9,14H,6-7,10-13H2. The number of hydrogen-bond acceptors (Lipinski definition) is 6. The zero-order valence-corrected chi connectivity index (χ0v) is 15.4. The van der Waals surface area contributed by atoms with E-state index >= 15 is 0 Å². The van der Waals surface area contributed by atoms with Gasteiger partial charge in [0.05, 0.1) is 10.4 Å². The van der Waals surface area contributed by atoms with Crippen molar-refractivity contribution in [1.82, 2.24) is 9.97 Å². The van der Waals surface area contributed by atoms with Crippen LogP contribution in [0.25, 0.3) is 0 Å². The number of hydrogen-bond donors (Lipinski definition) is 0. The van der Waals surface area contributed by atoms with Crippen LogP contribution in [0.4, 0.5) is 5.95 Å². The average Bonchev–Trinajstić information content (AvgIpc) is 2.67. The van der Waals surface area contributed by atoms with Crippen LogP contribution in [-0.2, 0) is 9.53 Å². The second-order valence-electron chi connectivity index (χ2n) is 5.76. The summed E-state index contributed by atoms with van der Waals surface area (Å²) in [5.74, 6) is 1.25. The number of nitrogens with zero attached hydrogens (tertiary/aromatic N) is 3. The van der Waals surface area contributed by atoms with Gasteiger partial charge in [0, 0.05) is 25.5 Å². The highest BCUT2D eigenvalue weighted by atomic mass is 79.9. The molecule has 3 rings (SSSR count). The Morgan fingerprint density at radius 3 is 2.56 bits per heavy atom. The largest absolute Gasteiger partial charge is 0.489 e. The van der Waals surface area contributed by atoms with Gasteiger partial charge in [0.25, 0.3) is 0 Å². The van der Waals surface area contributed by atoms with Gasteiger partial charge in [0.2, 0.25) is 5.95 Å². The fourth-order valence-electron chi connectivity index (χ4n) is 2.74. The van der Waals surface area contributed by atoms with Crippen LogP contribution in [0.5, 0.6) is 5.75 Å². The summed E-state index contributed by atoms with van der Waals surface area (Å²) in [4.78, 5) is 22.8. The smallest absolute Gasteiger partial charge is 0.309 e. The van der Waals surface area contributed by atoms with Crippen molar-refractivity contribution in [1.29, 1.82) is 0 Å². The molecule has 1 aliphatic rings. The maximum atomic E-state index is 12.2. The number of rotatable bonds is 6. The second-order valence-corrected chi connectivity index (χ2v) is 6.61. The van der Waals surface area contributed by atoms with E-state index in [1.165, 1.54) is 0 Å². The quantitative estimate of drug-likeness (QED) is 0.543. The van der Waals surface area contributed by atoms with E-state index in [1.807, 2.05) is 24.3 Å². The Bertz CT molecular complexity index is 691. The predicted octanol–water partition coefficient (Wildman–Crippen LogP) is 3.08. The summed E-state index contributed by atoms with van der Waals surface area (Å²) >= 11 is 3.42. The molecule has 2 aromatic rings. The zero-order valence-electron chi connectivity index (χ0n) is 13.8. The summed E-state index contributed by atoms with van der Waals surface area (Å²) < 4.78 is 11.8. The highest BCUT2D eigenvalue weighted by Crippen LogP contribution is 2.24. The third-order valence-corrected chi connectivity index (χ3v) is 4.74. The number of ether oxygens (including phenoxy) is 2. The van der Waals surface area contributed by atoms with E-state index < -0.39 is 0 Å². The first kappa shape index (κ1) is 17.7. The number of halogens is 1. The normalized spacial score (nSPS) is 15.0. The Balaban J connectivity index is 1.37. The molecule has 1 saturated heterocycles. The molecule has 0 bridgehead atoms. The highest BCUT2D eigenvalue weighted by molar-refractivity contribution is 9.10. The number of carbonyl (C=O) groups is 1. The molecule has 0 N–H and O–H groups in total. The van der Waals surface area contributed by atoms with E-state index in [0.29, 0.717) is 6.61 Å². The lowest BCUT2D eigenvalue weighted by molar-refractivity contribution is -0.150. The summed E-state index contributed by atoms with van der Waals surface area (Å²) in [5, 5.41) is 0. The van der Waals surface area contributed by atoms with Gasteiger partial charge in [0.1, 0.15) is 19.0 Å². The van der Waals surface area contributed by atoms with Crippen molar-refractivity contribution < 1.29 is 14.3 Å². The van der Waals surface area contributed by atoms with Gasteiger partial charge in [-0.25, -0.2) is 9.97 Å². The summed E-state index contributed by atoms with van der Waals surface area (Å²) in [5.41, 5.74) is 0. The third kappa shape index (κ3) is 4.92. The van der Waals surface area contributed by atoms with E-state index in [1.54, 1.807) is 18.5 Å². The minimum atomic E-state index is -0.149. The SMILES string of the molecule is O=C(OCCOc1ccccc1Br)C1CCN(c2ncccn2)CC1. The molecule has 1 aromatic heterocycles. The van der Waals surface area contributed by atoms with Gasteiger partial charge < -0.3 is 14.4 Å². The molecular weight excluding hydrogens is 386 g/mol. The first-order valence-electron chi connectivity index (χ1n) is 8.30. The Morgan fingerprint density at radius 1 is 1.12 bits per heavy atom. The molecule has 0 saturated carbocycles. The molecule has 2 heterocycles. The van der Waals surface area contributed by atoms with Gasteiger partial charge in [-0.2, -0.15) is 0 Å². The van der Waals surface area contributed by atoms with Crippen molar-refractivity contribution >= 4 is 27.8 Å². The number of esters is 1. The molecule has 1 aromatic carbocycles. The second kappa shape index (κ2) is 8.80. The van der Waals surface area contributed by atoms with Crippen LogP contribution in [0.15, 0.2) is 47.2 Å². The minimum absolute atomic E-state index is 0.0663. The van der Waals surface area contributed by atoms with Crippen LogP contribution in [0.1, 0.15) is 12.8 Å². The summed E-state index contributed by atoms with van der Waals surface area (Å²) in [6.45, 7) is 2.11. The topological polar surface area (TPSA) is 64.6 Å². The Hall–Kier alpha value is -2.15. The first-order valence-corrected chi connectivity index (χ1v) is 9.09. The van der Waals surface area contributed by atoms with Gasteiger partial charge >= 0.3 is 5.97 Å². The molecule has 7 heteroatoms. The number of benzene rings is 1. The number of carbonyl (C=O) groups excluding carboxylic acids is 1. The maximum Gasteiger partial charge on any atom is 0.309 e. The van der Waals surface area contributed by atoms with Crippen LogP contribution >= 0.6 is 15.9 Å². The van der Waals surface area contributed by atoms with Crippen molar-refractivity contribution in [2.45, 2.75) is 12.8 Å². The van der Waals surface area contributed by atoms with Crippen LogP contribution in [0.2, 0.25) is 0 Å². The van der Waals surface area contributed by atoms with Crippen molar-refractivity contribution in [3.05, 3.63) is 47.2 Å². The van der Waals surface area contributed by atoms with Crippen molar-refractivity contribution in [2.75, 3.05) is 31.2 Å². The van der Waals surface area contributed by atoms with E-state index in [9.17, 15) is 4.79 Å². The first-order chi connectivity index (χ1) is 12.2. The number of anilines is 1. The number of piperidine rings is 1. The fourth-order valence-corrected chi connectivity index (χ4v) is 3.14. The molecule has 0 atom stereocenters. The number of para-hydroxylation sites is 1. The van der Waals surface area contributed by atoms with Crippen LogP contribution in [-0.4, -0.2) is 42.2 Å². The molecule has 0 unspecified atom stereocenters. The van der Waals surface area contributed by atoms with E-state index in [0.717, 1.165) is 42.1 Å². The van der Waals surface area contributed by atoms with Crippen LogP contribution in [0.3, 0.4) is 0 Å². The molecule has 132 valence electrons. The molecule has 25 heavy (non-hydrogen) atoms. The summed E-state index contributed by atoms with van der Waals surface area (Å²) in [7, 11) is 0. The van der Waals surface area contributed by atoms with Crippen molar-refractivity contribution in [2.24, 2.45) is 5.92 Å². The molecule has 0 spiro atoms. The summed E-state index contributed by atoms with van der Waals surface area (Å²) in [6, 6.07) is 9.39. The van der Waals surface area contributed by atoms with E-state index in [-0.39, 0.29) is 18.5 Å². The van der Waals surface area contributed by atoms with Gasteiger partial charge in [-0.3, -0.25) is 4.79 Å². The minimum Gasteiger partial charge on any atom is -0.489 e. The van der Waals surface area contributed by atoms with Gasteiger partial charge in [-0.05, 0) is 47.0 Å². The fraction of sp³-hybridized carbons (Fsp3) is 0.389.